The van der Waals surface area contributed by atoms with Gasteiger partial charge in [0.1, 0.15) is 10.7 Å². The van der Waals surface area contributed by atoms with Crippen LogP contribution < -0.4 is 19.5 Å². The maximum absolute atomic E-state index is 12.6. The number of anilines is 1. The molecule has 3 aromatic rings. The molecule has 1 aromatic carbocycles. The quantitative estimate of drug-likeness (QED) is 0.663. The lowest BCUT2D eigenvalue weighted by Crippen LogP contribution is -2.13. The second kappa shape index (κ2) is 7.93. The molecule has 0 aliphatic carbocycles. The standard InChI is InChI=1S/C18H19N3O4S2/c1-9-8-19-18(26-9)21-16(22)14-10(2)27-17(20-14)11-6-12(23-3)15(25-5)13(7-11)24-4/h6-8H,1-5H3,(H,19,21,22). The van der Waals surface area contributed by atoms with Crippen LogP contribution in [0.15, 0.2) is 18.3 Å². The number of hydrogen-bond donors (Lipinski definition) is 1. The van der Waals surface area contributed by atoms with E-state index in [9.17, 15) is 4.79 Å². The summed E-state index contributed by atoms with van der Waals surface area (Å²) in [6.07, 6.45) is 1.72. The van der Waals surface area contributed by atoms with Gasteiger partial charge in [0.15, 0.2) is 16.6 Å². The van der Waals surface area contributed by atoms with Crippen molar-refractivity contribution in [2.24, 2.45) is 0 Å². The first-order chi connectivity index (χ1) is 13.0. The molecule has 1 N–H and O–H groups in total. The predicted molar refractivity (Wildman–Crippen MR) is 107 cm³/mol. The first-order valence-electron chi connectivity index (χ1n) is 7.98. The number of hydrogen-bond acceptors (Lipinski definition) is 8. The molecular formula is C18H19N3O4S2. The Kier molecular flexibility index (Phi) is 5.62. The Morgan fingerprint density at radius 1 is 1.04 bits per heavy atom. The van der Waals surface area contributed by atoms with Crippen LogP contribution in [-0.2, 0) is 0 Å². The topological polar surface area (TPSA) is 82.6 Å². The zero-order valence-electron chi connectivity index (χ0n) is 15.6. The van der Waals surface area contributed by atoms with E-state index in [0.717, 1.165) is 15.3 Å². The highest BCUT2D eigenvalue weighted by molar-refractivity contribution is 7.16. The van der Waals surface area contributed by atoms with Crippen LogP contribution >= 0.6 is 22.7 Å². The number of carbonyl (C=O) groups is 1. The molecule has 27 heavy (non-hydrogen) atoms. The van der Waals surface area contributed by atoms with Gasteiger partial charge in [-0.3, -0.25) is 10.1 Å². The summed E-state index contributed by atoms with van der Waals surface area (Å²) in [6.45, 7) is 3.80. The Labute approximate surface area is 165 Å². The maximum atomic E-state index is 12.6. The molecule has 9 heteroatoms. The van der Waals surface area contributed by atoms with E-state index in [4.69, 9.17) is 14.2 Å². The van der Waals surface area contributed by atoms with Gasteiger partial charge < -0.3 is 14.2 Å². The molecule has 0 saturated heterocycles. The van der Waals surface area contributed by atoms with Crippen LogP contribution in [0.5, 0.6) is 17.2 Å². The minimum absolute atomic E-state index is 0.281. The van der Waals surface area contributed by atoms with E-state index in [-0.39, 0.29) is 5.91 Å². The summed E-state index contributed by atoms with van der Waals surface area (Å²) >= 11 is 2.84. The van der Waals surface area contributed by atoms with Crippen molar-refractivity contribution in [3.05, 3.63) is 33.8 Å². The Morgan fingerprint density at radius 2 is 1.70 bits per heavy atom. The van der Waals surface area contributed by atoms with E-state index in [1.807, 2.05) is 26.0 Å². The second-order valence-electron chi connectivity index (χ2n) is 5.57. The highest BCUT2D eigenvalue weighted by Gasteiger charge is 2.20. The monoisotopic (exact) mass is 405 g/mol. The second-order valence-corrected chi connectivity index (χ2v) is 8.01. The molecule has 1 amide bonds. The number of carbonyl (C=O) groups excluding carboxylic acids is 1. The summed E-state index contributed by atoms with van der Waals surface area (Å²) in [5.41, 5.74) is 1.15. The molecule has 142 valence electrons. The summed E-state index contributed by atoms with van der Waals surface area (Å²) in [5, 5.41) is 4.03. The fourth-order valence-corrected chi connectivity index (χ4v) is 4.06. The molecule has 0 radical (unpaired) electrons. The summed E-state index contributed by atoms with van der Waals surface area (Å²) in [5.74, 6) is 1.29. The largest absolute Gasteiger partial charge is 0.493 e. The third-order valence-electron chi connectivity index (χ3n) is 3.77. The number of nitrogens with zero attached hydrogens (tertiary/aromatic N) is 2. The molecule has 0 bridgehead atoms. The molecule has 0 saturated carbocycles. The Bertz CT molecular complexity index is 956. The summed E-state index contributed by atoms with van der Waals surface area (Å²) in [4.78, 5) is 23.1. The van der Waals surface area contributed by atoms with Gasteiger partial charge in [0, 0.05) is 21.5 Å². The highest BCUT2D eigenvalue weighted by atomic mass is 32.1. The molecule has 0 atom stereocenters. The fourth-order valence-electron chi connectivity index (χ4n) is 2.50. The van der Waals surface area contributed by atoms with Crippen LogP contribution in [0.3, 0.4) is 0 Å². The van der Waals surface area contributed by atoms with Crippen LogP contribution in [0.4, 0.5) is 5.13 Å². The van der Waals surface area contributed by atoms with Crippen LogP contribution in [0.1, 0.15) is 20.2 Å². The number of methoxy groups -OCH3 is 3. The van der Waals surface area contributed by atoms with Crippen LogP contribution in [0.25, 0.3) is 10.6 Å². The number of amides is 1. The number of aromatic nitrogens is 2. The van der Waals surface area contributed by atoms with Gasteiger partial charge in [-0.25, -0.2) is 9.97 Å². The summed E-state index contributed by atoms with van der Waals surface area (Å²) in [7, 11) is 4.67. The molecule has 2 heterocycles. The molecule has 3 rings (SSSR count). The molecule has 0 spiro atoms. The minimum Gasteiger partial charge on any atom is -0.493 e. The number of aryl methyl sites for hydroxylation is 2. The van der Waals surface area contributed by atoms with Crippen molar-refractivity contribution >= 4 is 33.7 Å². The first-order valence-corrected chi connectivity index (χ1v) is 9.61. The van der Waals surface area contributed by atoms with Gasteiger partial charge in [0.25, 0.3) is 5.91 Å². The lowest BCUT2D eigenvalue weighted by molar-refractivity contribution is 0.102. The Balaban J connectivity index is 1.95. The number of rotatable bonds is 6. The smallest absolute Gasteiger partial charge is 0.277 e. The molecule has 0 aliphatic heterocycles. The average molecular weight is 406 g/mol. The first kappa shape index (κ1) is 19.1. The Morgan fingerprint density at radius 3 is 2.22 bits per heavy atom. The van der Waals surface area contributed by atoms with Crippen LogP contribution in [-0.4, -0.2) is 37.2 Å². The number of nitrogens with one attached hydrogen (secondary N) is 1. The summed E-state index contributed by atoms with van der Waals surface area (Å²) in [6, 6.07) is 3.62. The van der Waals surface area contributed by atoms with Crippen molar-refractivity contribution in [1.82, 2.24) is 9.97 Å². The minimum atomic E-state index is -0.281. The Hall–Kier alpha value is -2.65. The van der Waals surface area contributed by atoms with Crippen molar-refractivity contribution in [1.29, 1.82) is 0 Å². The van der Waals surface area contributed by atoms with Gasteiger partial charge >= 0.3 is 0 Å². The van der Waals surface area contributed by atoms with Gasteiger partial charge in [-0.15, -0.1) is 22.7 Å². The van der Waals surface area contributed by atoms with Crippen molar-refractivity contribution in [3.63, 3.8) is 0 Å². The van der Waals surface area contributed by atoms with Crippen LogP contribution in [0, 0.1) is 13.8 Å². The third-order valence-corrected chi connectivity index (χ3v) is 5.61. The molecule has 0 aliphatic rings. The third kappa shape index (κ3) is 3.88. The number of thiazole rings is 2. The van der Waals surface area contributed by atoms with E-state index in [1.165, 1.54) is 22.7 Å². The number of ether oxygens (including phenoxy) is 3. The van der Waals surface area contributed by atoms with Crippen molar-refractivity contribution in [2.75, 3.05) is 26.6 Å². The van der Waals surface area contributed by atoms with Crippen LogP contribution in [0.2, 0.25) is 0 Å². The van der Waals surface area contributed by atoms with E-state index in [0.29, 0.717) is 33.1 Å². The lowest BCUT2D eigenvalue weighted by Gasteiger charge is -2.13. The van der Waals surface area contributed by atoms with E-state index < -0.39 is 0 Å². The summed E-state index contributed by atoms with van der Waals surface area (Å²) < 4.78 is 16.1. The highest BCUT2D eigenvalue weighted by Crippen LogP contribution is 2.42. The number of benzene rings is 1. The average Bonchev–Trinajstić information content (AvgIpc) is 3.25. The molecular weight excluding hydrogens is 386 g/mol. The van der Waals surface area contributed by atoms with Crippen molar-refractivity contribution < 1.29 is 19.0 Å². The van der Waals surface area contributed by atoms with Gasteiger partial charge in [-0.2, -0.15) is 0 Å². The zero-order valence-corrected chi connectivity index (χ0v) is 17.2. The van der Waals surface area contributed by atoms with E-state index in [2.05, 4.69) is 15.3 Å². The van der Waals surface area contributed by atoms with Crippen molar-refractivity contribution in [2.45, 2.75) is 13.8 Å². The molecule has 0 fully saturated rings. The molecule has 0 unspecified atom stereocenters. The van der Waals surface area contributed by atoms with Gasteiger partial charge in [-0.05, 0) is 26.0 Å². The zero-order chi connectivity index (χ0) is 19.6. The SMILES string of the molecule is COc1cc(-c2nc(C(=O)Nc3ncc(C)s3)c(C)s2)cc(OC)c1OC. The van der Waals surface area contributed by atoms with E-state index in [1.54, 1.807) is 27.5 Å². The molecule has 2 aromatic heterocycles. The lowest BCUT2D eigenvalue weighted by atomic mass is 10.2. The van der Waals surface area contributed by atoms with Crippen molar-refractivity contribution in [3.8, 4) is 27.8 Å². The van der Waals surface area contributed by atoms with E-state index >= 15 is 0 Å². The van der Waals surface area contributed by atoms with Gasteiger partial charge in [0.2, 0.25) is 5.75 Å². The molecule has 7 nitrogen and oxygen atoms in total. The van der Waals surface area contributed by atoms with Gasteiger partial charge in [0.05, 0.1) is 21.3 Å². The normalized spacial score (nSPS) is 10.6. The van der Waals surface area contributed by atoms with Gasteiger partial charge in [-0.1, -0.05) is 0 Å². The predicted octanol–water partition coefficient (Wildman–Crippen LogP) is 4.16. The maximum Gasteiger partial charge on any atom is 0.277 e. The fraction of sp³-hybridized carbons (Fsp3) is 0.278.